The summed E-state index contributed by atoms with van der Waals surface area (Å²) in [5, 5.41) is 2.86. The number of hydrogen-bond acceptors (Lipinski definition) is 4. The lowest BCUT2D eigenvalue weighted by molar-refractivity contribution is -0.126. The molecular weight excluding hydrogens is 220 g/mol. The lowest BCUT2D eigenvalue weighted by atomic mass is 10.0. The molecule has 0 saturated carbocycles. The highest BCUT2D eigenvalue weighted by atomic mass is 16.5. The third-order valence-corrected chi connectivity index (χ3v) is 2.21. The van der Waals surface area contributed by atoms with Crippen molar-refractivity contribution in [1.29, 1.82) is 0 Å². The predicted octanol–water partition coefficient (Wildman–Crippen LogP) is 0.529. The van der Waals surface area contributed by atoms with Crippen molar-refractivity contribution < 1.29 is 14.3 Å². The summed E-state index contributed by atoms with van der Waals surface area (Å²) in [7, 11) is 0. The van der Waals surface area contributed by atoms with Gasteiger partial charge in [-0.2, -0.15) is 0 Å². The van der Waals surface area contributed by atoms with E-state index in [0.717, 1.165) is 6.42 Å². The summed E-state index contributed by atoms with van der Waals surface area (Å²) in [6.45, 7) is 8.30. The van der Waals surface area contributed by atoms with Crippen LogP contribution in [0.5, 0.6) is 0 Å². The maximum absolute atomic E-state index is 11.5. The SMILES string of the molecule is CCOCCOCC(=O)NC(CN)CC(C)C. The van der Waals surface area contributed by atoms with Gasteiger partial charge in [0.05, 0.1) is 13.2 Å². The number of rotatable bonds is 10. The van der Waals surface area contributed by atoms with Crippen molar-refractivity contribution in [2.45, 2.75) is 33.2 Å². The zero-order valence-corrected chi connectivity index (χ0v) is 11.2. The third-order valence-electron chi connectivity index (χ3n) is 2.21. The molecule has 0 saturated heterocycles. The van der Waals surface area contributed by atoms with E-state index >= 15 is 0 Å². The minimum absolute atomic E-state index is 0.0398. The quantitative estimate of drug-likeness (QED) is 0.551. The van der Waals surface area contributed by atoms with Crippen molar-refractivity contribution in [3.8, 4) is 0 Å². The highest BCUT2D eigenvalue weighted by Gasteiger charge is 2.12. The molecule has 102 valence electrons. The molecule has 0 spiro atoms. The van der Waals surface area contributed by atoms with Crippen molar-refractivity contribution in [1.82, 2.24) is 5.32 Å². The lowest BCUT2D eigenvalue weighted by Crippen LogP contribution is -2.42. The van der Waals surface area contributed by atoms with Crippen LogP contribution in [0.1, 0.15) is 27.2 Å². The molecule has 5 heteroatoms. The summed E-state index contributed by atoms with van der Waals surface area (Å²) in [5.41, 5.74) is 5.59. The van der Waals surface area contributed by atoms with Gasteiger partial charge in [-0.05, 0) is 19.3 Å². The van der Waals surface area contributed by atoms with Gasteiger partial charge in [-0.15, -0.1) is 0 Å². The largest absolute Gasteiger partial charge is 0.379 e. The van der Waals surface area contributed by atoms with E-state index in [4.69, 9.17) is 15.2 Å². The highest BCUT2D eigenvalue weighted by Crippen LogP contribution is 2.03. The van der Waals surface area contributed by atoms with Crippen molar-refractivity contribution >= 4 is 5.91 Å². The molecule has 0 bridgehead atoms. The van der Waals surface area contributed by atoms with Crippen LogP contribution in [-0.2, 0) is 14.3 Å². The Morgan fingerprint density at radius 2 is 1.94 bits per heavy atom. The molecule has 5 nitrogen and oxygen atoms in total. The van der Waals surface area contributed by atoms with Crippen molar-refractivity contribution in [3.05, 3.63) is 0 Å². The van der Waals surface area contributed by atoms with E-state index in [1.165, 1.54) is 0 Å². The first-order valence-electron chi connectivity index (χ1n) is 6.25. The first kappa shape index (κ1) is 16.4. The Balaban J connectivity index is 3.61. The van der Waals surface area contributed by atoms with Crippen LogP contribution in [0.2, 0.25) is 0 Å². The topological polar surface area (TPSA) is 73.6 Å². The molecule has 0 aliphatic heterocycles. The monoisotopic (exact) mass is 246 g/mol. The Bertz CT molecular complexity index is 198. The van der Waals surface area contributed by atoms with Gasteiger partial charge in [0.25, 0.3) is 0 Å². The number of nitrogens with one attached hydrogen (secondary N) is 1. The fraction of sp³-hybridized carbons (Fsp3) is 0.917. The summed E-state index contributed by atoms with van der Waals surface area (Å²) in [5.74, 6) is 0.403. The van der Waals surface area contributed by atoms with Crippen LogP contribution in [0.3, 0.4) is 0 Å². The molecule has 0 aromatic rings. The Morgan fingerprint density at radius 3 is 2.47 bits per heavy atom. The minimum Gasteiger partial charge on any atom is -0.379 e. The molecular formula is C12H26N2O3. The molecule has 17 heavy (non-hydrogen) atoms. The number of carbonyl (C=O) groups excluding carboxylic acids is 1. The smallest absolute Gasteiger partial charge is 0.246 e. The number of hydrogen-bond donors (Lipinski definition) is 2. The normalized spacial score (nSPS) is 12.8. The number of amides is 1. The number of nitrogens with two attached hydrogens (primary N) is 1. The average molecular weight is 246 g/mol. The van der Waals surface area contributed by atoms with Gasteiger partial charge < -0.3 is 20.5 Å². The van der Waals surface area contributed by atoms with Crippen LogP contribution in [0.4, 0.5) is 0 Å². The Kier molecular flexibility index (Phi) is 10.1. The third kappa shape index (κ3) is 10.2. The fourth-order valence-electron chi connectivity index (χ4n) is 1.48. The van der Waals surface area contributed by atoms with Crippen molar-refractivity contribution in [2.75, 3.05) is 33.0 Å². The second-order valence-electron chi connectivity index (χ2n) is 4.38. The number of carbonyl (C=O) groups is 1. The second-order valence-corrected chi connectivity index (χ2v) is 4.38. The van der Waals surface area contributed by atoms with Crippen LogP contribution in [0.15, 0.2) is 0 Å². The molecule has 0 fully saturated rings. The van der Waals surface area contributed by atoms with Gasteiger partial charge in [0.2, 0.25) is 5.91 Å². The van der Waals surface area contributed by atoms with E-state index < -0.39 is 0 Å². The summed E-state index contributed by atoms with van der Waals surface area (Å²) in [6.07, 6.45) is 0.890. The molecule has 1 atom stereocenters. The van der Waals surface area contributed by atoms with Gasteiger partial charge in [0.1, 0.15) is 6.61 Å². The van der Waals surface area contributed by atoms with Gasteiger partial charge in [-0.25, -0.2) is 0 Å². The molecule has 1 unspecified atom stereocenters. The van der Waals surface area contributed by atoms with E-state index in [-0.39, 0.29) is 18.6 Å². The fourth-order valence-corrected chi connectivity index (χ4v) is 1.48. The second kappa shape index (κ2) is 10.5. The summed E-state index contributed by atoms with van der Waals surface area (Å²) in [6, 6.07) is 0.0398. The van der Waals surface area contributed by atoms with E-state index in [9.17, 15) is 4.79 Å². The van der Waals surface area contributed by atoms with Crippen LogP contribution in [-0.4, -0.2) is 44.9 Å². The van der Waals surface area contributed by atoms with Crippen LogP contribution in [0.25, 0.3) is 0 Å². The molecule has 0 rings (SSSR count). The van der Waals surface area contributed by atoms with Gasteiger partial charge in [0, 0.05) is 19.2 Å². The van der Waals surface area contributed by atoms with Gasteiger partial charge in [-0.1, -0.05) is 13.8 Å². The Morgan fingerprint density at radius 1 is 1.29 bits per heavy atom. The maximum atomic E-state index is 11.5. The molecule has 0 heterocycles. The van der Waals surface area contributed by atoms with E-state index in [2.05, 4.69) is 19.2 Å². The van der Waals surface area contributed by atoms with Gasteiger partial charge in [0.15, 0.2) is 0 Å². The maximum Gasteiger partial charge on any atom is 0.246 e. The molecule has 0 aliphatic carbocycles. The highest BCUT2D eigenvalue weighted by molar-refractivity contribution is 5.77. The predicted molar refractivity (Wildman–Crippen MR) is 67.8 cm³/mol. The minimum atomic E-state index is -0.113. The van der Waals surface area contributed by atoms with Gasteiger partial charge >= 0.3 is 0 Å². The zero-order valence-electron chi connectivity index (χ0n) is 11.2. The average Bonchev–Trinajstić information content (AvgIpc) is 2.27. The molecule has 1 amide bonds. The van der Waals surface area contributed by atoms with E-state index in [0.29, 0.717) is 32.3 Å². The first-order chi connectivity index (χ1) is 8.10. The van der Waals surface area contributed by atoms with Crippen molar-refractivity contribution in [3.63, 3.8) is 0 Å². The summed E-state index contributed by atoms with van der Waals surface area (Å²) in [4.78, 5) is 11.5. The summed E-state index contributed by atoms with van der Waals surface area (Å²) < 4.78 is 10.3. The lowest BCUT2D eigenvalue weighted by Gasteiger charge is -2.18. The Hall–Kier alpha value is -0.650. The van der Waals surface area contributed by atoms with Crippen molar-refractivity contribution in [2.24, 2.45) is 11.7 Å². The molecule has 3 N–H and O–H groups in total. The zero-order chi connectivity index (χ0) is 13.1. The Labute approximate surface area is 104 Å². The number of ether oxygens (including phenoxy) is 2. The van der Waals surface area contributed by atoms with Crippen LogP contribution in [0, 0.1) is 5.92 Å². The first-order valence-corrected chi connectivity index (χ1v) is 6.25. The standard InChI is InChI=1S/C12H26N2O3/c1-4-16-5-6-17-9-12(15)14-11(8-13)7-10(2)3/h10-11H,4-9,13H2,1-3H3,(H,14,15). The van der Waals surface area contributed by atoms with Crippen LogP contribution >= 0.6 is 0 Å². The summed E-state index contributed by atoms with van der Waals surface area (Å²) >= 11 is 0. The van der Waals surface area contributed by atoms with E-state index in [1.807, 2.05) is 6.92 Å². The molecule has 0 aliphatic rings. The molecule has 0 radical (unpaired) electrons. The van der Waals surface area contributed by atoms with Gasteiger partial charge in [-0.3, -0.25) is 4.79 Å². The molecule has 0 aromatic carbocycles. The van der Waals surface area contributed by atoms with Crippen LogP contribution < -0.4 is 11.1 Å². The van der Waals surface area contributed by atoms with E-state index in [1.54, 1.807) is 0 Å². The molecule has 0 aromatic heterocycles.